The normalized spacial score (nSPS) is 22.5. The van der Waals surface area contributed by atoms with Gasteiger partial charge in [-0.25, -0.2) is 14.6 Å². The third-order valence-corrected chi connectivity index (χ3v) is 5.76. The van der Waals surface area contributed by atoms with Crippen LogP contribution in [0.1, 0.15) is 44.1 Å². The first-order valence-corrected chi connectivity index (χ1v) is 10.7. The minimum Gasteiger partial charge on any atom is -0.456 e. The highest BCUT2D eigenvalue weighted by atomic mass is 79.9. The molecule has 2 aliphatic rings. The monoisotopic (exact) mass is 474 g/mol. The lowest BCUT2D eigenvalue weighted by atomic mass is 10.1. The van der Waals surface area contributed by atoms with Crippen molar-refractivity contribution < 1.29 is 23.9 Å². The van der Waals surface area contributed by atoms with Gasteiger partial charge < -0.3 is 9.47 Å². The Hall–Kier alpha value is -2.48. The molecule has 1 aromatic heterocycles. The minimum atomic E-state index is -0.710. The molecule has 1 amide bonds. The van der Waals surface area contributed by atoms with Gasteiger partial charge in [0.15, 0.2) is 6.61 Å². The van der Waals surface area contributed by atoms with Crippen LogP contribution in [0, 0.1) is 5.92 Å². The van der Waals surface area contributed by atoms with E-state index in [0.29, 0.717) is 17.9 Å². The van der Waals surface area contributed by atoms with Crippen molar-refractivity contribution in [2.75, 3.05) is 6.61 Å². The lowest BCUT2D eigenvalue weighted by Crippen LogP contribution is -2.46. The standard InChI is InChI=1S/C22H23BrN2O5/c1-22(2,3)30-21(28)25-17-9-13(17)10-18(25)20(27)29-11-19(26)16-6-4-12-8-14(23)5-7-15(12)24-16/h4-8,13,17-18H,9-11H2,1-3H3. The molecule has 2 heterocycles. The maximum absolute atomic E-state index is 12.6. The Morgan fingerprint density at radius 1 is 1.17 bits per heavy atom. The molecular weight excluding hydrogens is 452 g/mol. The van der Waals surface area contributed by atoms with Gasteiger partial charge in [0.05, 0.1) is 5.52 Å². The van der Waals surface area contributed by atoms with E-state index in [1.807, 2.05) is 18.2 Å². The molecule has 1 saturated heterocycles. The van der Waals surface area contributed by atoms with Gasteiger partial charge in [0, 0.05) is 15.9 Å². The SMILES string of the molecule is CC(C)(C)OC(=O)N1C(C(=O)OCC(=O)c2ccc3cc(Br)ccc3n2)CC2CC21. The van der Waals surface area contributed by atoms with Crippen molar-refractivity contribution >= 4 is 44.7 Å². The highest BCUT2D eigenvalue weighted by Crippen LogP contribution is 2.48. The summed E-state index contributed by atoms with van der Waals surface area (Å²) in [5.74, 6) is -0.668. The number of hydrogen-bond donors (Lipinski definition) is 0. The number of hydrogen-bond acceptors (Lipinski definition) is 6. The van der Waals surface area contributed by atoms with Gasteiger partial charge in [-0.05, 0) is 63.8 Å². The molecule has 2 aromatic rings. The number of halogens is 1. The molecule has 1 aromatic carbocycles. The van der Waals surface area contributed by atoms with Crippen LogP contribution in [0.25, 0.3) is 10.9 Å². The number of ketones is 1. The molecule has 0 bridgehead atoms. The molecule has 1 saturated carbocycles. The van der Waals surface area contributed by atoms with Crippen LogP contribution in [0.5, 0.6) is 0 Å². The van der Waals surface area contributed by atoms with Gasteiger partial charge in [-0.1, -0.05) is 22.0 Å². The fourth-order valence-corrected chi connectivity index (χ4v) is 4.18. The number of amides is 1. The molecule has 30 heavy (non-hydrogen) atoms. The fourth-order valence-electron chi connectivity index (χ4n) is 3.80. The van der Waals surface area contributed by atoms with Crippen molar-refractivity contribution in [2.45, 2.75) is 51.3 Å². The lowest BCUT2D eigenvalue weighted by molar-refractivity contribution is -0.148. The van der Waals surface area contributed by atoms with Crippen molar-refractivity contribution in [3.8, 4) is 0 Å². The van der Waals surface area contributed by atoms with Crippen LogP contribution < -0.4 is 0 Å². The van der Waals surface area contributed by atoms with E-state index >= 15 is 0 Å². The van der Waals surface area contributed by atoms with Gasteiger partial charge in [-0.2, -0.15) is 0 Å². The third kappa shape index (κ3) is 4.33. The first-order valence-electron chi connectivity index (χ1n) is 9.90. The summed E-state index contributed by atoms with van der Waals surface area (Å²) in [7, 11) is 0. The van der Waals surface area contributed by atoms with Crippen molar-refractivity contribution in [3.63, 3.8) is 0 Å². The molecule has 2 fully saturated rings. The molecule has 1 aliphatic heterocycles. The quantitative estimate of drug-likeness (QED) is 0.489. The topological polar surface area (TPSA) is 85.8 Å². The van der Waals surface area contributed by atoms with E-state index in [0.717, 1.165) is 16.3 Å². The molecule has 3 atom stereocenters. The van der Waals surface area contributed by atoms with E-state index in [-0.39, 0.29) is 17.5 Å². The number of ether oxygens (including phenoxy) is 2. The Balaban J connectivity index is 1.39. The number of esters is 1. The predicted octanol–water partition coefficient (Wildman–Crippen LogP) is 4.12. The minimum absolute atomic E-state index is 0.0228. The summed E-state index contributed by atoms with van der Waals surface area (Å²) < 4.78 is 11.6. The Labute approximate surface area is 182 Å². The number of piperidine rings is 1. The summed E-state index contributed by atoms with van der Waals surface area (Å²) >= 11 is 3.40. The highest BCUT2D eigenvalue weighted by molar-refractivity contribution is 9.10. The van der Waals surface area contributed by atoms with Crippen molar-refractivity contribution in [3.05, 3.63) is 40.5 Å². The predicted molar refractivity (Wildman–Crippen MR) is 113 cm³/mol. The van der Waals surface area contributed by atoms with Crippen molar-refractivity contribution in [2.24, 2.45) is 5.92 Å². The van der Waals surface area contributed by atoms with E-state index < -0.39 is 30.3 Å². The van der Waals surface area contributed by atoms with Crippen molar-refractivity contribution in [1.29, 1.82) is 0 Å². The van der Waals surface area contributed by atoms with Crippen LogP contribution in [0.2, 0.25) is 0 Å². The van der Waals surface area contributed by atoms with Gasteiger partial charge in [-0.3, -0.25) is 9.69 Å². The first-order chi connectivity index (χ1) is 14.1. The number of rotatable bonds is 4. The Kier molecular flexibility index (Phi) is 5.30. The van der Waals surface area contributed by atoms with E-state index in [2.05, 4.69) is 20.9 Å². The first kappa shape index (κ1) is 20.8. The number of nitrogens with zero attached hydrogens (tertiary/aromatic N) is 2. The summed E-state index contributed by atoms with van der Waals surface area (Å²) in [6.07, 6.45) is 0.905. The molecule has 0 spiro atoms. The zero-order valence-corrected chi connectivity index (χ0v) is 18.6. The van der Waals surface area contributed by atoms with Gasteiger partial charge in [0.1, 0.15) is 17.3 Å². The van der Waals surface area contributed by atoms with Crippen molar-refractivity contribution in [1.82, 2.24) is 9.88 Å². The average Bonchev–Trinajstić information content (AvgIpc) is 3.33. The maximum Gasteiger partial charge on any atom is 0.411 e. The van der Waals surface area contributed by atoms with Crippen LogP contribution in [0.4, 0.5) is 4.79 Å². The fraction of sp³-hybridized carbons (Fsp3) is 0.455. The zero-order valence-electron chi connectivity index (χ0n) is 17.1. The summed E-state index contributed by atoms with van der Waals surface area (Å²) in [6.45, 7) is 4.94. The second kappa shape index (κ2) is 7.65. The van der Waals surface area contributed by atoms with Crippen LogP contribution in [-0.2, 0) is 14.3 Å². The number of likely N-dealkylation sites (tertiary alicyclic amines) is 1. The number of pyridine rings is 1. The average molecular weight is 475 g/mol. The Morgan fingerprint density at radius 3 is 2.67 bits per heavy atom. The van der Waals surface area contributed by atoms with E-state index in [1.54, 1.807) is 32.9 Å². The molecule has 7 nitrogen and oxygen atoms in total. The highest BCUT2D eigenvalue weighted by Gasteiger charge is 2.57. The largest absolute Gasteiger partial charge is 0.456 e. The van der Waals surface area contributed by atoms with E-state index in [4.69, 9.17) is 9.47 Å². The molecule has 3 unspecified atom stereocenters. The Morgan fingerprint density at radius 2 is 1.93 bits per heavy atom. The summed E-state index contributed by atoms with van der Waals surface area (Å²) in [4.78, 5) is 43.5. The number of benzene rings is 1. The molecule has 4 rings (SSSR count). The summed E-state index contributed by atoms with van der Waals surface area (Å²) in [5, 5.41) is 0.899. The number of aromatic nitrogens is 1. The van der Waals surface area contributed by atoms with Gasteiger partial charge in [0.2, 0.25) is 5.78 Å². The second-order valence-electron chi connectivity index (χ2n) is 8.77. The maximum atomic E-state index is 12.6. The van der Waals surface area contributed by atoms with Crippen LogP contribution in [-0.4, -0.2) is 52.0 Å². The van der Waals surface area contributed by atoms with Gasteiger partial charge in [-0.15, -0.1) is 0 Å². The molecule has 0 N–H and O–H groups in total. The number of Topliss-reactive ketones (excluding diaryl/α,β-unsaturated/α-hetero) is 1. The van der Waals surface area contributed by atoms with Crippen LogP contribution >= 0.6 is 15.9 Å². The van der Waals surface area contributed by atoms with E-state index in [1.165, 1.54) is 4.90 Å². The Bertz CT molecular complexity index is 1030. The van der Waals surface area contributed by atoms with E-state index in [9.17, 15) is 14.4 Å². The molecule has 1 aliphatic carbocycles. The van der Waals surface area contributed by atoms with Gasteiger partial charge in [0.25, 0.3) is 0 Å². The third-order valence-electron chi connectivity index (χ3n) is 5.26. The summed E-state index contributed by atoms with van der Waals surface area (Å²) in [6, 6.07) is 8.30. The lowest BCUT2D eigenvalue weighted by Gasteiger charge is -2.29. The van der Waals surface area contributed by atoms with Crippen LogP contribution in [0.3, 0.4) is 0 Å². The smallest absolute Gasteiger partial charge is 0.411 e. The molecule has 8 heteroatoms. The molecular formula is C22H23BrN2O5. The zero-order chi connectivity index (χ0) is 21.6. The number of carbonyl (C=O) groups excluding carboxylic acids is 3. The summed E-state index contributed by atoms with van der Waals surface area (Å²) in [5.41, 5.74) is 0.268. The van der Waals surface area contributed by atoms with Gasteiger partial charge >= 0.3 is 12.1 Å². The molecule has 0 radical (unpaired) electrons. The second-order valence-corrected chi connectivity index (χ2v) is 9.68. The number of fused-ring (bicyclic) bond motifs is 2. The molecule has 158 valence electrons. The number of carbonyl (C=O) groups is 3. The van der Waals surface area contributed by atoms with Crippen LogP contribution in [0.15, 0.2) is 34.8 Å².